The summed E-state index contributed by atoms with van der Waals surface area (Å²) in [7, 11) is 0. The summed E-state index contributed by atoms with van der Waals surface area (Å²) in [5.41, 5.74) is 6.67. The lowest BCUT2D eigenvalue weighted by atomic mass is 10.3. The number of nitrogens with zero attached hydrogens (tertiary/aromatic N) is 3. The molecular formula is C12H21N5. The van der Waals surface area contributed by atoms with Gasteiger partial charge >= 0.3 is 0 Å². The molecule has 0 atom stereocenters. The molecule has 1 heterocycles. The van der Waals surface area contributed by atoms with E-state index in [1.165, 1.54) is 18.4 Å². The van der Waals surface area contributed by atoms with Crippen LogP contribution in [0.5, 0.6) is 0 Å². The second-order valence-corrected chi connectivity index (χ2v) is 4.68. The lowest BCUT2D eigenvalue weighted by molar-refractivity contribution is 0.262. The van der Waals surface area contributed by atoms with Gasteiger partial charge in [0.1, 0.15) is 0 Å². The Balaban J connectivity index is 1.90. The van der Waals surface area contributed by atoms with Gasteiger partial charge < -0.3 is 5.73 Å². The van der Waals surface area contributed by atoms with Crippen molar-refractivity contribution in [1.29, 1.82) is 5.41 Å². The number of amidine groups is 1. The van der Waals surface area contributed by atoms with E-state index in [1.54, 1.807) is 0 Å². The van der Waals surface area contributed by atoms with E-state index in [4.69, 9.17) is 11.1 Å². The second kappa shape index (κ2) is 5.31. The van der Waals surface area contributed by atoms with E-state index < -0.39 is 0 Å². The Morgan fingerprint density at radius 2 is 2.41 bits per heavy atom. The summed E-state index contributed by atoms with van der Waals surface area (Å²) in [6, 6.07) is 0.694. The Kier molecular flexibility index (Phi) is 3.78. The van der Waals surface area contributed by atoms with Crippen molar-refractivity contribution in [2.45, 2.75) is 45.3 Å². The Bertz CT molecular complexity index is 380. The van der Waals surface area contributed by atoms with E-state index in [1.807, 2.05) is 10.9 Å². The average molecular weight is 235 g/mol. The zero-order chi connectivity index (χ0) is 12.3. The molecule has 1 saturated carbocycles. The van der Waals surface area contributed by atoms with E-state index in [-0.39, 0.29) is 5.84 Å². The van der Waals surface area contributed by atoms with Gasteiger partial charge in [-0.15, -0.1) is 0 Å². The van der Waals surface area contributed by atoms with Crippen LogP contribution >= 0.6 is 0 Å². The van der Waals surface area contributed by atoms with Crippen molar-refractivity contribution in [1.82, 2.24) is 14.7 Å². The second-order valence-electron chi connectivity index (χ2n) is 4.68. The standard InChI is InChI=1S/C12H21N5/c1-2-17-9-10(7-15-17)8-16(11-3-4-11)6-5-12(13)14/h7,9,11H,2-6,8H2,1H3,(H3,13,14). The molecule has 0 radical (unpaired) electrons. The summed E-state index contributed by atoms with van der Waals surface area (Å²) >= 11 is 0. The van der Waals surface area contributed by atoms with E-state index in [2.05, 4.69) is 23.1 Å². The van der Waals surface area contributed by atoms with Crippen LogP contribution in [0.2, 0.25) is 0 Å². The minimum atomic E-state index is 0.278. The molecule has 1 fully saturated rings. The topological polar surface area (TPSA) is 70.9 Å². The van der Waals surface area contributed by atoms with E-state index in [9.17, 15) is 0 Å². The number of nitrogens with two attached hydrogens (primary N) is 1. The number of aromatic nitrogens is 2. The van der Waals surface area contributed by atoms with Gasteiger partial charge in [0.2, 0.25) is 0 Å². The summed E-state index contributed by atoms with van der Waals surface area (Å²) in [6.45, 7) is 4.82. The maximum absolute atomic E-state index is 7.30. The van der Waals surface area contributed by atoms with Crippen molar-refractivity contribution in [2.75, 3.05) is 6.54 Å². The summed E-state index contributed by atoms with van der Waals surface area (Å²) in [5.74, 6) is 0.278. The highest BCUT2D eigenvalue weighted by molar-refractivity contribution is 5.76. The molecule has 3 N–H and O–H groups in total. The zero-order valence-corrected chi connectivity index (χ0v) is 10.4. The fraction of sp³-hybridized carbons (Fsp3) is 0.667. The first kappa shape index (κ1) is 12.1. The normalized spacial score (nSPS) is 15.4. The monoisotopic (exact) mass is 235 g/mol. The van der Waals surface area contributed by atoms with Crippen molar-refractivity contribution in [3.63, 3.8) is 0 Å². The Morgan fingerprint density at radius 3 is 2.94 bits per heavy atom. The van der Waals surface area contributed by atoms with Crippen molar-refractivity contribution in [3.8, 4) is 0 Å². The van der Waals surface area contributed by atoms with Gasteiger partial charge in [-0.2, -0.15) is 5.10 Å². The molecular weight excluding hydrogens is 214 g/mol. The molecule has 0 aliphatic heterocycles. The lowest BCUT2D eigenvalue weighted by Gasteiger charge is -2.20. The molecule has 5 nitrogen and oxygen atoms in total. The molecule has 1 aliphatic rings. The van der Waals surface area contributed by atoms with Gasteiger partial charge in [0.05, 0.1) is 12.0 Å². The highest BCUT2D eigenvalue weighted by atomic mass is 15.3. The maximum atomic E-state index is 7.30. The number of aryl methyl sites for hydroxylation is 1. The number of rotatable bonds is 7. The van der Waals surface area contributed by atoms with Crippen LogP contribution in [0.25, 0.3) is 0 Å². The van der Waals surface area contributed by atoms with Crippen molar-refractivity contribution in [2.24, 2.45) is 5.73 Å². The third-order valence-electron chi connectivity index (χ3n) is 3.13. The molecule has 0 spiro atoms. The molecule has 0 aromatic carbocycles. The Morgan fingerprint density at radius 1 is 1.65 bits per heavy atom. The number of hydrogen-bond donors (Lipinski definition) is 2. The first-order valence-electron chi connectivity index (χ1n) is 6.27. The van der Waals surface area contributed by atoms with Crippen LogP contribution in [-0.2, 0) is 13.1 Å². The molecule has 0 unspecified atom stereocenters. The van der Waals surface area contributed by atoms with E-state index in [0.29, 0.717) is 12.5 Å². The quantitative estimate of drug-likeness (QED) is 0.551. The van der Waals surface area contributed by atoms with E-state index >= 15 is 0 Å². The maximum Gasteiger partial charge on any atom is 0.0918 e. The van der Waals surface area contributed by atoms with Gasteiger partial charge in [-0.05, 0) is 19.8 Å². The first-order chi connectivity index (χ1) is 8.19. The predicted molar refractivity (Wildman–Crippen MR) is 67.9 cm³/mol. The number of nitrogens with one attached hydrogen (secondary N) is 1. The van der Waals surface area contributed by atoms with Gasteiger partial charge in [0.15, 0.2) is 0 Å². The van der Waals surface area contributed by atoms with Crippen LogP contribution < -0.4 is 5.73 Å². The number of hydrogen-bond acceptors (Lipinski definition) is 3. The fourth-order valence-corrected chi connectivity index (χ4v) is 1.99. The minimum Gasteiger partial charge on any atom is -0.388 e. The van der Waals surface area contributed by atoms with Crippen LogP contribution in [0.15, 0.2) is 12.4 Å². The van der Waals surface area contributed by atoms with Gasteiger partial charge in [0.25, 0.3) is 0 Å². The molecule has 94 valence electrons. The minimum absolute atomic E-state index is 0.278. The summed E-state index contributed by atoms with van der Waals surface area (Å²) in [5, 5.41) is 11.6. The largest absolute Gasteiger partial charge is 0.388 e. The van der Waals surface area contributed by atoms with Crippen molar-refractivity contribution in [3.05, 3.63) is 18.0 Å². The van der Waals surface area contributed by atoms with Gasteiger partial charge in [0, 0.05) is 43.9 Å². The summed E-state index contributed by atoms with van der Waals surface area (Å²) < 4.78 is 1.95. The Labute approximate surface area is 102 Å². The molecule has 0 bridgehead atoms. The summed E-state index contributed by atoms with van der Waals surface area (Å²) in [4.78, 5) is 2.42. The third kappa shape index (κ3) is 3.56. The SMILES string of the molecule is CCn1cc(CN(CCC(=N)N)C2CC2)cn1. The van der Waals surface area contributed by atoms with Crippen LogP contribution in [-0.4, -0.2) is 33.1 Å². The van der Waals surface area contributed by atoms with Crippen LogP contribution in [0.3, 0.4) is 0 Å². The van der Waals surface area contributed by atoms with Crippen molar-refractivity contribution >= 4 is 5.84 Å². The van der Waals surface area contributed by atoms with Gasteiger partial charge in [-0.25, -0.2) is 0 Å². The lowest BCUT2D eigenvalue weighted by Crippen LogP contribution is -2.29. The van der Waals surface area contributed by atoms with Crippen LogP contribution in [0, 0.1) is 5.41 Å². The highest BCUT2D eigenvalue weighted by Gasteiger charge is 2.28. The average Bonchev–Trinajstić information content (AvgIpc) is 3.04. The summed E-state index contributed by atoms with van der Waals surface area (Å²) in [6.07, 6.45) is 7.26. The Hall–Kier alpha value is -1.36. The van der Waals surface area contributed by atoms with Gasteiger partial charge in [-0.3, -0.25) is 15.0 Å². The molecule has 1 aromatic rings. The third-order valence-corrected chi connectivity index (χ3v) is 3.13. The first-order valence-corrected chi connectivity index (χ1v) is 6.27. The molecule has 0 saturated heterocycles. The smallest absolute Gasteiger partial charge is 0.0918 e. The highest BCUT2D eigenvalue weighted by Crippen LogP contribution is 2.28. The molecule has 5 heteroatoms. The van der Waals surface area contributed by atoms with Gasteiger partial charge in [-0.1, -0.05) is 0 Å². The molecule has 1 aliphatic carbocycles. The van der Waals surface area contributed by atoms with E-state index in [0.717, 1.165) is 19.6 Å². The zero-order valence-electron chi connectivity index (χ0n) is 10.4. The predicted octanol–water partition coefficient (Wildman–Crippen LogP) is 1.19. The molecule has 0 amide bonds. The molecule has 17 heavy (non-hydrogen) atoms. The molecule has 2 rings (SSSR count). The van der Waals surface area contributed by atoms with Crippen LogP contribution in [0.1, 0.15) is 31.7 Å². The van der Waals surface area contributed by atoms with Crippen LogP contribution in [0.4, 0.5) is 0 Å². The van der Waals surface area contributed by atoms with Crippen molar-refractivity contribution < 1.29 is 0 Å². The fourth-order valence-electron chi connectivity index (χ4n) is 1.99. The molecule has 1 aromatic heterocycles.